The summed E-state index contributed by atoms with van der Waals surface area (Å²) in [7, 11) is 4.20. The molecule has 90 valence electrons. The van der Waals surface area contributed by atoms with Gasteiger partial charge in [-0.25, -0.2) is 0 Å². The maximum Gasteiger partial charge on any atom is 0.372 e. The van der Waals surface area contributed by atoms with E-state index < -0.39 is 8.56 Å². The highest BCUT2D eigenvalue weighted by atomic mass is 28.4. The maximum atomic E-state index is 5.48. The predicted octanol–water partition coefficient (Wildman–Crippen LogP) is 1.28. The third-order valence-electron chi connectivity index (χ3n) is 2.68. The monoisotopic (exact) mass is 242 g/mol. The lowest BCUT2D eigenvalue weighted by atomic mass is 10.3. The van der Waals surface area contributed by atoms with Gasteiger partial charge in [0.05, 0.1) is 14.2 Å². The fourth-order valence-corrected chi connectivity index (χ4v) is 3.09. The minimum atomic E-state index is -2.36. The Morgan fingerprint density at radius 2 is 1.56 bits per heavy atom. The van der Waals surface area contributed by atoms with Gasteiger partial charge in [-0.15, -0.1) is 0 Å². The van der Waals surface area contributed by atoms with Gasteiger partial charge < -0.3 is 18.3 Å². The Balaban J connectivity index is 3.22. The van der Waals surface area contributed by atoms with E-state index in [1.807, 2.05) is 24.7 Å². The van der Waals surface area contributed by atoms with Crippen molar-refractivity contribution in [3.05, 3.63) is 18.2 Å². The van der Waals surface area contributed by atoms with E-state index >= 15 is 0 Å². The third kappa shape index (κ3) is 2.37. The Bertz CT molecular complexity index is 350. The van der Waals surface area contributed by atoms with Crippen molar-refractivity contribution >= 4 is 13.7 Å². The number of rotatable bonds is 5. The Morgan fingerprint density at radius 3 is 2.00 bits per heavy atom. The summed E-state index contributed by atoms with van der Waals surface area (Å²) >= 11 is 0. The van der Waals surface area contributed by atoms with Gasteiger partial charge in [0.15, 0.2) is 0 Å². The Hall–Kier alpha value is -1.04. The largest absolute Gasteiger partial charge is 0.497 e. The molecular weight excluding hydrogens is 224 g/mol. The summed E-state index contributed by atoms with van der Waals surface area (Å²) in [5, 5.41) is 0.959. The second-order valence-corrected chi connectivity index (χ2v) is 6.67. The summed E-state index contributed by atoms with van der Waals surface area (Å²) in [6.45, 7) is 1.97. The van der Waals surface area contributed by atoms with E-state index in [0.29, 0.717) is 0 Å². The van der Waals surface area contributed by atoms with Gasteiger partial charge in [-0.3, -0.25) is 0 Å². The van der Waals surface area contributed by atoms with Crippen molar-refractivity contribution in [3.63, 3.8) is 0 Å². The molecule has 0 spiro atoms. The van der Waals surface area contributed by atoms with Crippen molar-refractivity contribution in [1.29, 1.82) is 0 Å². The molecule has 0 amide bonds. The first-order chi connectivity index (χ1) is 7.61. The highest BCUT2D eigenvalue weighted by Gasteiger charge is 2.35. The van der Waals surface area contributed by atoms with Crippen LogP contribution in [0.25, 0.3) is 0 Å². The van der Waals surface area contributed by atoms with Gasteiger partial charge in [-0.05, 0) is 12.6 Å². The van der Waals surface area contributed by atoms with Crippen molar-refractivity contribution in [1.82, 2.24) is 0 Å². The molecule has 0 aliphatic heterocycles. The minimum absolute atomic E-state index is 0.734. The summed E-state index contributed by atoms with van der Waals surface area (Å²) in [6.07, 6.45) is 0. The second-order valence-electron chi connectivity index (χ2n) is 3.42. The van der Waals surface area contributed by atoms with E-state index in [1.54, 1.807) is 28.4 Å². The standard InChI is InChI=1S/C11H18O4Si/c1-12-9-6-7-11(10(8-9)13-2)16(5,14-3)15-4/h6-8H,1-5H3. The smallest absolute Gasteiger partial charge is 0.372 e. The van der Waals surface area contributed by atoms with Crippen molar-refractivity contribution < 1.29 is 18.3 Å². The average Bonchev–Trinajstić information content (AvgIpc) is 2.37. The van der Waals surface area contributed by atoms with Crippen LogP contribution in [0.1, 0.15) is 0 Å². The number of benzene rings is 1. The van der Waals surface area contributed by atoms with Crippen molar-refractivity contribution in [2.75, 3.05) is 28.4 Å². The van der Waals surface area contributed by atoms with E-state index in [-0.39, 0.29) is 0 Å². The SMILES string of the molecule is COc1ccc([Si](C)(OC)OC)c(OC)c1. The molecule has 0 aromatic heterocycles. The topological polar surface area (TPSA) is 36.9 Å². The third-order valence-corrected chi connectivity index (χ3v) is 5.63. The fraction of sp³-hybridized carbons (Fsp3) is 0.455. The molecule has 0 saturated carbocycles. The summed E-state index contributed by atoms with van der Waals surface area (Å²) in [4.78, 5) is 0. The first kappa shape index (κ1) is 13.0. The zero-order chi connectivity index (χ0) is 12.2. The molecule has 0 N–H and O–H groups in total. The van der Waals surface area contributed by atoms with Crippen LogP contribution >= 0.6 is 0 Å². The van der Waals surface area contributed by atoms with Crippen LogP contribution in [0, 0.1) is 0 Å². The van der Waals surface area contributed by atoms with Crippen LogP contribution in [-0.4, -0.2) is 37.0 Å². The number of methoxy groups -OCH3 is 2. The molecule has 0 fully saturated rings. The summed E-state index contributed by atoms with van der Waals surface area (Å²) in [5.74, 6) is 1.49. The Kier molecular flexibility index (Phi) is 4.34. The van der Waals surface area contributed by atoms with Gasteiger partial charge in [0.1, 0.15) is 11.5 Å². The van der Waals surface area contributed by atoms with Gasteiger partial charge >= 0.3 is 8.56 Å². The zero-order valence-corrected chi connectivity index (χ0v) is 11.4. The molecule has 5 heteroatoms. The molecule has 0 aliphatic rings. The van der Waals surface area contributed by atoms with E-state index in [4.69, 9.17) is 18.3 Å². The molecule has 0 radical (unpaired) electrons. The van der Waals surface area contributed by atoms with Crippen LogP contribution in [0.5, 0.6) is 11.5 Å². The van der Waals surface area contributed by atoms with E-state index in [9.17, 15) is 0 Å². The molecule has 4 nitrogen and oxygen atoms in total. The molecule has 0 atom stereocenters. The average molecular weight is 242 g/mol. The normalized spacial score (nSPS) is 11.3. The number of hydrogen-bond donors (Lipinski definition) is 0. The van der Waals surface area contributed by atoms with Crippen LogP contribution < -0.4 is 14.7 Å². The molecule has 0 aliphatic carbocycles. The minimum Gasteiger partial charge on any atom is -0.497 e. The molecule has 0 unspecified atom stereocenters. The lowest BCUT2D eigenvalue weighted by molar-refractivity contribution is 0.264. The quantitative estimate of drug-likeness (QED) is 0.729. The van der Waals surface area contributed by atoms with Gasteiger partial charge in [0.2, 0.25) is 0 Å². The number of hydrogen-bond acceptors (Lipinski definition) is 4. The summed E-state index contributed by atoms with van der Waals surface area (Å²) < 4.78 is 21.4. The molecule has 0 bridgehead atoms. The van der Waals surface area contributed by atoms with Gasteiger partial charge in [-0.1, -0.05) is 6.07 Å². The second kappa shape index (κ2) is 5.34. The summed E-state index contributed by atoms with van der Waals surface area (Å²) in [5.41, 5.74) is 0. The maximum absolute atomic E-state index is 5.48. The Morgan fingerprint density at radius 1 is 0.938 bits per heavy atom. The van der Waals surface area contributed by atoms with E-state index in [1.165, 1.54) is 0 Å². The molecule has 1 rings (SSSR count). The molecule has 1 aromatic rings. The fourth-order valence-electron chi connectivity index (χ4n) is 1.48. The highest BCUT2D eigenvalue weighted by molar-refractivity contribution is 6.80. The molecule has 0 saturated heterocycles. The molecule has 1 aromatic carbocycles. The van der Waals surface area contributed by atoms with Gasteiger partial charge in [-0.2, -0.15) is 0 Å². The lowest BCUT2D eigenvalue weighted by Crippen LogP contribution is -2.49. The van der Waals surface area contributed by atoms with Crippen LogP contribution in [0.4, 0.5) is 0 Å². The first-order valence-corrected chi connectivity index (χ1v) is 7.25. The lowest BCUT2D eigenvalue weighted by Gasteiger charge is -2.25. The van der Waals surface area contributed by atoms with Gasteiger partial charge in [0, 0.05) is 25.5 Å². The summed E-state index contributed by atoms with van der Waals surface area (Å²) in [6, 6.07) is 5.64. The predicted molar refractivity (Wildman–Crippen MR) is 64.8 cm³/mol. The van der Waals surface area contributed by atoms with Crippen LogP contribution in [0.3, 0.4) is 0 Å². The molecular formula is C11H18O4Si. The zero-order valence-electron chi connectivity index (χ0n) is 10.4. The van der Waals surface area contributed by atoms with Crippen LogP contribution in [-0.2, 0) is 8.85 Å². The molecule has 0 heterocycles. The van der Waals surface area contributed by atoms with Crippen LogP contribution in [0.2, 0.25) is 6.55 Å². The molecule has 16 heavy (non-hydrogen) atoms. The van der Waals surface area contributed by atoms with E-state index in [0.717, 1.165) is 16.7 Å². The first-order valence-electron chi connectivity index (χ1n) is 4.94. The van der Waals surface area contributed by atoms with Crippen LogP contribution in [0.15, 0.2) is 18.2 Å². The number of ether oxygens (including phenoxy) is 2. The van der Waals surface area contributed by atoms with Crippen molar-refractivity contribution in [3.8, 4) is 11.5 Å². The Labute approximate surface area is 97.3 Å². The van der Waals surface area contributed by atoms with Gasteiger partial charge in [0.25, 0.3) is 0 Å². The highest BCUT2D eigenvalue weighted by Crippen LogP contribution is 2.21. The van der Waals surface area contributed by atoms with Crippen molar-refractivity contribution in [2.24, 2.45) is 0 Å². The van der Waals surface area contributed by atoms with Crippen molar-refractivity contribution in [2.45, 2.75) is 6.55 Å². The van der Waals surface area contributed by atoms with E-state index in [2.05, 4.69) is 0 Å².